The maximum Gasteiger partial charge on any atom is 0.116 e. The van der Waals surface area contributed by atoms with Crippen LogP contribution in [0.15, 0.2) is 0 Å². The van der Waals surface area contributed by atoms with E-state index in [0.717, 1.165) is 0 Å². The van der Waals surface area contributed by atoms with Gasteiger partial charge in [-0.3, -0.25) is 0 Å². The quantitative estimate of drug-likeness (QED) is 0.636. The topological polar surface area (TPSA) is 0 Å². The molecule has 0 N–H and O–H groups in total. The summed E-state index contributed by atoms with van der Waals surface area (Å²) in [6, 6.07) is 0. The van der Waals surface area contributed by atoms with Gasteiger partial charge in [0.15, 0.2) is 0 Å². The molecule has 2 heteroatoms. The molecular formula is C8H14S2. The molecule has 1 aliphatic rings. The SMILES string of the molecule is CCCC1(CCC)S[C]S1. The van der Waals surface area contributed by atoms with Crippen LogP contribution in [0.3, 0.4) is 0 Å². The molecule has 0 atom stereocenters. The normalized spacial score (nSPS) is 22.2. The molecule has 0 bridgehead atoms. The van der Waals surface area contributed by atoms with Gasteiger partial charge < -0.3 is 0 Å². The van der Waals surface area contributed by atoms with Gasteiger partial charge in [0.1, 0.15) is 5.08 Å². The van der Waals surface area contributed by atoms with Crippen LogP contribution in [0.4, 0.5) is 0 Å². The van der Waals surface area contributed by atoms with E-state index in [2.05, 4.69) is 18.9 Å². The van der Waals surface area contributed by atoms with Gasteiger partial charge in [-0.15, -0.1) is 23.5 Å². The van der Waals surface area contributed by atoms with Gasteiger partial charge in [-0.05, 0) is 12.8 Å². The van der Waals surface area contributed by atoms with Crippen LogP contribution in [-0.4, -0.2) is 4.08 Å². The van der Waals surface area contributed by atoms with Crippen LogP contribution in [0.25, 0.3) is 0 Å². The Hall–Kier alpha value is 0.700. The van der Waals surface area contributed by atoms with Gasteiger partial charge >= 0.3 is 0 Å². The van der Waals surface area contributed by atoms with Gasteiger partial charge in [0.2, 0.25) is 0 Å². The molecule has 58 valence electrons. The van der Waals surface area contributed by atoms with Crippen molar-refractivity contribution in [3.8, 4) is 0 Å². The summed E-state index contributed by atoms with van der Waals surface area (Å²) in [5.41, 5.74) is 0. The molecule has 0 aromatic heterocycles. The van der Waals surface area contributed by atoms with E-state index in [1.165, 1.54) is 25.7 Å². The van der Waals surface area contributed by atoms with Crippen LogP contribution in [0.2, 0.25) is 0 Å². The zero-order chi connectivity index (χ0) is 7.45. The highest BCUT2D eigenvalue weighted by Gasteiger charge is 2.37. The third-order valence-electron chi connectivity index (χ3n) is 1.72. The fraction of sp³-hybridized carbons (Fsp3) is 0.875. The summed E-state index contributed by atoms with van der Waals surface area (Å²) < 4.78 is 0.545. The molecule has 0 nitrogen and oxygen atoms in total. The van der Waals surface area contributed by atoms with Crippen LogP contribution < -0.4 is 0 Å². The van der Waals surface area contributed by atoms with Gasteiger partial charge in [0.25, 0.3) is 0 Å². The van der Waals surface area contributed by atoms with Crippen molar-refractivity contribution in [1.29, 1.82) is 0 Å². The summed E-state index contributed by atoms with van der Waals surface area (Å²) in [7, 11) is 0. The standard InChI is InChI=1S/C8H14S2/c1-3-5-8(6-4-2)9-7-10-8/h3-6H2,1-2H3. The summed E-state index contributed by atoms with van der Waals surface area (Å²) >= 11 is 3.83. The second kappa shape index (κ2) is 3.91. The van der Waals surface area contributed by atoms with E-state index in [0.29, 0.717) is 4.08 Å². The molecule has 0 unspecified atom stereocenters. The molecule has 0 aromatic carbocycles. The average Bonchev–Trinajstić information content (AvgIpc) is 1.84. The van der Waals surface area contributed by atoms with E-state index in [1.807, 2.05) is 23.5 Å². The molecule has 1 fully saturated rings. The zero-order valence-electron chi connectivity index (χ0n) is 6.64. The zero-order valence-corrected chi connectivity index (χ0v) is 8.28. The molecule has 0 amide bonds. The van der Waals surface area contributed by atoms with Crippen molar-refractivity contribution in [3.63, 3.8) is 0 Å². The molecule has 1 aliphatic heterocycles. The van der Waals surface area contributed by atoms with Gasteiger partial charge in [-0.1, -0.05) is 26.7 Å². The lowest BCUT2D eigenvalue weighted by Gasteiger charge is -2.39. The van der Waals surface area contributed by atoms with Crippen molar-refractivity contribution < 1.29 is 0 Å². The van der Waals surface area contributed by atoms with E-state index < -0.39 is 0 Å². The smallest absolute Gasteiger partial charge is 0.116 e. The molecule has 1 rings (SSSR count). The summed E-state index contributed by atoms with van der Waals surface area (Å²) in [6.45, 7) is 4.52. The number of rotatable bonds is 4. The third-order valence-corrected chi connectivity index (χ3v) is 4.44. The highest BCUT2D eigenvalue weighted by molar-refractivity contribution is 8.36. The fourth-order valence-electron chi connectivity index (χ4n) is 1.25. The summed E-state index contributed by atoms with van der Waals surface area (Å²) in [6.07, 6.45) is 5.32. The summed E-state index contributed by atoms with van der Waals surface area (Å²) in [5.74, 6) is 0. The predicted octanol–water partition coefficient (Wildman–Crippen LogP) is 3.76. The molecule has 0 spiro atoms. The van der Waals surface area contributed by atoms with Crippen molar-refractivity contribution in [3.05, 3.63) is 5.08 Å². The summed E-state index contributed by atoms with van der Waals surface area (Å²) in [5, 5.41) is 3.20. The minimum atomic E-state index is 0.545. The maximum atomic E-state index is 3.20. The van der Waals surface area contributed by atoms with Crippen LogP contribution in [-0.2, 0) is 0 Å². The van der Waals surface area contributed by atoms with Crippen molar-refractivity contribution in [1.82, 2.24) is 0 Å². The van der Waals surface area contributed by atoms with Crippen molar-refractivity contribution in [2.75, 3.05) is 0 Å². The first-order chi connectivity index (χ1) is 4.83. The lowest BCUT2D eigenvalue weighted by molar-refractivity contribution is 0.632. The predicted molar refractivity (Wildman–Crippen MR) is 51.0 cm³/mol. The van der Waals surface area contributed by atoms with Crippen LogP contribution in [0.1, 0.15) is 39.5 Å². The molecule has 1 saturated heterocycles. The second-order valence-electron chi connectivity index (χ2n) is 2.70. The van der Waals surface area contributed by atoms with Gasteiger partial charge in [-0.25, -0.2) is 0 Å². The molecule has 0 saturated carbocycles. The molecular weight excluding hydrogens is 160 g/mol. The minimum absolute atomic E-state index is 0.545. The Morgan fingerprint density at radius 1 is 1.10 bits per heavy atom. The molecule has 10 heavy (non-hydrogen) atoms. The first-order valence-electron chi connectivity index (χ1n) is 3.94. The van der Waals surface area contributed by atoms with Gasteiger partial charge in [0.05, 0.1) is 4.08 Å². The Labute approximate surface area is 72.5 Å². The van der Waals surface area contributed by atoms with Gasteiger partial charge in [0, 0.05) is 0 Å². The first kappa shape index (κ1) is 8.79. The molecule has 1 heterocycles. The maximum absolute atomic E-state index is 3.20. The Kier molecular flexibility index (Phi) is 3.44. The number of hydrogen-bond donors (Lipinski definition) is 0. The largest absolute Gasteiger partial charge is 0.121 e. The lowest BCUT2D eigenvalue weighted by atomic mass is 10.1. The van der Waals surface area contributed by atoms with Crippen molar-refractivity contribution in [2.24, 2.45) is 0 Å². The van der Waals surface area contributed by atoms with Crippen LogP contribution in [0.5, 0.6) is 0 Å². The van der Waals surface area contributed by atoms with Crippen molar-refractivity contribution >= 4 is 23.5 Å². The highest BCUT2D eigenvalue weighted by Crippen LogP contribution is 2.59. The number of thioether (sulfide) groups is 2. The van der Waals surface area contributed by atoms with E-state index in [-0.39, 0.29) is 0 Å². The Morgan fingerprint density at radius 3 is 1.80 bits per heavy atom. The summed E-state index contributed by atoms with van der Waals surface area (Å²) in [4.78, 5) is 0. The Morgan fingerprint density at radius 2 is 1.60 bits per heavy atom. The Balaban J connectivity index is 2.27. The van der Waals surface area contributed by atoms with Crippen LogP contribution >= 0.6 is 23.5 Å². The highest BCUT2D eigenvalue weighted by atomic mass is 32.3. The first-order valence-corrected chi connectivity index (χ1v) is 5.57. The Bertz CT molecular complexity index is 89.4. The average molecular weight is 174 g/mol. The van der Waals surface area contributed by atoms with E-state index in [1.54, 1.807) is 0 Å². The molecule has 2 radical (unpaired) electrons. The van der Waals surface area contributed by atoms with Crippen LogP contribution in [0, 0.1) is 5.08 Å². The second-order valence-corrected chi connectivity index (χ2v) is 5.59. The van der Waals surface area contributed by atoms with E-state index in [9.17, 15) is 0 Å². The van der Waals surface area contributed by atoms with Crippen molar-refractivity contribution in [2.45, 2.75) is 43.6 Å². The molecule has 0 aliphatic carbocycles. The third kappa shape index (κ3) is 1.85. The van der Waals surface area contributed by atoms with E-state index in [4.69, 9.17) is 0 Å². The van der Waals surface area contributed by atoms with E-state index >= 15 is 0 Å². The molecule has 0 aromatic rings. The lowest BCUT2D eigenvalue weighted by Crippen LogP contribution is -2.25. The number of hydrogen-bond acceptors (Lipinski definition) is 2. The van der Waals surface area contributed by atoms with Gasteiger partial charge in [-0.2, -0.15) is 0 Å². The monoisotopic (exact) mass is 174 g/mol. The minimum Gasteiger partial charge on any atom is -0.121 e. The fourth-order valence-corrected chi connectivity index (χ4v) is 3.75.